The van der Waals surface area contributed by atoms with Crippen LogP contribution in [-0.4, -0.2) is 22.8 Å². The van der Waals surface area contributed by atoms with E-state index in [1.807, 2.05) is 0 Å². The minimum atomic E-state index is -4.56. The number of rotatable bonds is 6. The highest BCUT2D eigenvalue weighted by Gasteiger charge is 2.34. The summed E-state index contributed by atoms with van der Waals surface area (Å²) in [5.74, 6) is -0.449. The van der Waals surface area contributed by atoms with Crippen molar-refractivity contribution in [2.75, 3.05) is 7.11 Å². The molecule has 0 aliphatic rings. The number of hydrogen-bond donors (Lipinski definition) is 1. The van der Waals surface area contributed by atoms with Crippen LogP contribution in [0.15, 0.2) is 48.5 Å². The molecular formula is C22H22F3N3O2. The summed E-state index contributed by atoms with van der Waals surface area (Å²) in [7, 11) is 1.57. The summed E-state index contributed by atoms with van der Waals surface area (Å²) in [6, 6.07) is 12.5. The molecule has 1 amide bonds. The molecule has 158 valence electrons. The number of aryl methyl sites for hydroxylation is 2. The third-order valence-corrected chi connectivity index (χ3v) is 4.62. The van der Waals surface area contributed by atoms with E-state index in [0.29, 0.717) is 23.6 Å². The molecule has 0 fully saturated rings. The van der Waals surface area contributed by atoms with Crippen molar-refractivity contribution < 1.29 is 22.7 Å². The van der Waals surface area contributed by atoms with Gasteiger partial charge in [0.25, 0.3) is 5.91 Å². The van der Waals surface area contributed by atoms with E-state index in [4.69, 9.17) is 4.74 Å². The zero-order valence-corrected chi connectivity index (χ0v) is 16.9. The Morgan fingerprint density at radius 3 is 2.37 bits per heavy atom. The average molecular weight is 417 g/mol. The lowest BCUT2D eigenvalue weighted by molar-refractivity contribution is -0.138. The van der Waals surface area contributed by atoms with Gasteiger partial charge < -0.3 is 10.1 Å². The number of nitrogens with one attached hydrogen (secondary N) is 1. The van der Waals surface area contributed by atoms with Gasteiger partial charge in [0.1, 0.15) is 0 Å². The van der Waals surface area contributed by atoms with Crippen LogP contribution in [0.4, 0.5) is 13.2 Å². The first-order valence-electron chi connectivity index (χ1n) is 9.29. The van der Waals surface area contributed by atoms with Gasteiger partial charge in [0, 0.05) is 24.9 Å². The summed E-state index contributed by atoms with van der Waals surface area (Å²) >= 11 is 0. The molecule has 1 aromatic heterocycles. The van der Waals surface area contributed by atoms with E-state index < -0.39 is 17.6 Å². The number of carbonyl (C=O) groups excluding carboxylic acids is 1. The van der Waals surface area contributed by atoms with Crippen molar-refractivity contribution in [3.05, 3.63) is 82.2 Å². The van der Waals surface area contributed by atoms with E-state index in [1.165, 1.54) is 10.7 Å². The molecule has 30 heavy (non-hydrogen) atoms. The lowest BCUT2D eigenvalue weighted by Crippen LogP contribution is -2.24. The Balaban J connectivity index is 1.81. The second kappa shape index (κ2) is 8.71. The maximum atomic E-state index is 13.7. The predicted octanol–water partition coefficient (Wildman–Crippen LogP) is 4.58. The number of halogens is 3. The van der Waals surface area contributed by atoms with Gasteiger partial charge >= 0.3 is 6.18 Å². The fourth-order valence-electron chi connectivity index (χ4n) is 3.20. The number of ether oxygens (including phenoxy) is 1. The number of alkyl halides is 3. The van der Waals surface area contributed by atoms with Crippen LogP contribution in [-0.2, 0) is 24.1 Å². The van der Waals surface area contributed by atoms with Gasteiger partial charge in [-0.2, -0.15) is 18.3 Å². The summed E-state index contributed by atoms with van der Waals surface area (Å²) in [6.07, 6.45) is -4.56. The summed E-state index contributed by atoms with van der Waals surface area (Å²) in [5, 5.41) is 6.80. The van der Waals surface area contributed by atoms with E-state index in [0.717, 1.165) is 17.3 Å². The summed E-state index contributed by atoms with van der Waals surface area (Å²) in [6.45, 7) is 3.72. The zero-order chi connectivity index (χ0) is 21.9. The Morgan fingerprint density at radius 1 is 1.10 bits per heavy atom. The Kier molecular flexibility index (Phi) is 6.26. The second-order valence-electron chi connectivity index (χ2n) is 6.99. The second-order valence-corrected chi connectivity index (χ2v) is 6.99. The standard InChI is InChI=1S/C22H22F3N3O2/c1-14-10-15(2)28(27-14)19-9-8-18(20(11-19)22(23,24)25)12-26-21(29)17-6-4-16(5-7-17)13-30-3/h4-11H,12-13H2,1-3H3,(H,26,29). The van der Waals surface area contributed by atoms with Gasteiger partial charge in [-0.3, -0.25) is 4.79 Å². The normalized spacial score (nSPS) is 11.5. The van der Waals surface area contributed by atoms with Crippen molar-refractivity contribution in [1.82, 2.24) is 15.1 Å². The number of benzene rings is 2. The van der Waals surface area contributed by atoms with Crippen molar-refractivity contribution in [3.8, 4) is 5.69 Å². The summed E-state index contributed by atoms with van der Waals surface area (Å²) in [5.41, 5.74) is 2.21. The molecule has 0 saturated carbocycles. The van der Waals surface area contributed by atoms with E-state index >= 15 is 0 Å². The quantitative estimate of drug-likeness (QED) is 0.639. The monoisotopic (exact) mass is 417 g/mol. The van der Waals surface area contributed by atoms with Crippen molar-refractivity contribution in [2.45, 2.75) is 33.2 Å². The van der Waals surface area contributed by atoms with E-state index in [9.17, 15) is 18.0 Å². The molecule has 0 bridgehead atoms. The molecule has 0 aliphatic heterocycles. The molecule has 0 radical (unpaired) electrons. The largest absolute Gasteiger partial charge is 0.416 e. The lowest BCUT2D eigenvalue weighted by Gasteiger charge is -2.16. The van der Waals surface area contributed by atoms with Gasteiger partial charge in [0.05, 0.1) is 23.6 Å². The highest BCUT2D eigenvalue weighted by atomic mass is 19.4. The van der Waals surface area contributed by atoms with Gasteiger partial charge in [0.15, 0.2) is 0 Å². The highest BCUT2D eigenvalue weighted by Crippen LogP contribution is 2.33. The van der Waals surface area contributed by atoms with Crippen molar-refractivity contribution in [1.29, 1.82) is 0 Å². The molecule has 3 aromatic rings. The topological polar surface area (TPSA) is 56.1 Å². The van der Waals surface area contributed by atoms with Gasteiger partial charge in [-0.05, 0) is 55.3 Å². The van der Waals surface area contributed by atoms with Crippen LogP contribution in [0.3, 0.4) is 0 Å². The molecule has 8 heteroatoms. The molecule has 3 rings (SSSR count). The van der Waals surface area contributed by atoms with Crippen LogP contribution in [0.25, 0.3) is 5.69 Å². The van der Waals surface area contributed by atoms with Crippen LogP contribution in [0.5, 0.6) is 0 Å². The average Bonchev–Trinajstić information content (AvgIpc) is 3.04. The van der Waals surface area contributed by atoms with Crippen molar-refractivity contribution in [2.24, 2.45) is 0 Å². The maximum absolute atomic E-state index is 13.7. The summed E-state index contributed by atoms with van der Waals surface area (Å²) < 4.78 is 47.5. The Bertz CT molecular complexity index is 1040. The minimum Gasteiger partial charge on any atom is -0.380 e. The Morgan fingerprint density at radius 2 is 1.80 bits per heavy atom. The number of aromatic nitrogens is 2. The molecule has 5 nitrogen and oxygen atoms in total. The molecule has 0 aliphatic carbocycles. The molecule has 0 unspecified atom stereocenters. The molecule has 1 N–H and O–H groups in total. The van der Waals surface area contributed by atoms with Crippen molar-refractivity contribution in [3.63, 3.8) is 0 Å². The SMILES string of the molecule is COCc1ccc(C(=O)NCc2ccc(-n3nc(C)cc3C)cc2C(F)(F)F)cc1. The van der Waals surface area contributed by atoms with Crippen molar-refractivity contribution >= 4 is 5.91 Å². The highest BCUT2D eigenvalue weighted by molar-refractivity contribution is 5.94. The van der Waals surface area contributed by atoms with Gasteiger partial charge in [-0.1, -0.05) is 18.2 Å². The third-order valence-electron chi connectivity index (χ3n) is 4.62. The van der Waals surface area contributed by atoms with Crippen LogP contribution in [0.1, 0.15) is 38.4 Å². The fourth-order valence-corrected chi connectivity index (χ4v) is 3.20. The van der Waals surface area contributed by atoms with E-state index in [1.54, 1.807) is 57.4 Å². The number of carbonyl (C=O) groups is 1. The number of amides is 1. The third kappa shape index (κ3) is 4.88. The molecule has 0 saturated heterocycles. The molecular weight excluding hydrogens is 395 g/mol. The molecule has 1 heterocycles. The number of methoxy groups -OCH3 is 1. The van der Waals surface area contributed by atoms with Crippen LogP contribution < -0.4 is 5.32 Å². The molecule has 0 atom stereocenters. The fraction of sp³-hybridized carbons (Fsp3) is 0.273. The minimum absolute atomic E-state index is 0.0165. The first-order chi connectivity index (χ1) is 14.2. The van der Waals surface area contributed by atoms with E-state index in [-0.39, 0.29) is 12.1 Å². The lowest BCUT2D eigenvalue weighted by atomic mass is 10.1. The van der Waals surface area contributed by atoms with Gasteiger partial charge in [-0.25, -0.2) is 4.68 Å². The van der Waals surface area contributed by atoms with Crippen LogP contribution in [0, 0.1) is 13.8 Å². The predicted molar refractivity (Wildman–Crippen MR) is 106 cm³/mol. The molecule has 2 aromatic carbocycles. The van der Waals surface area contributed by atoms with Crippen LogP contribution >= 0.6 is 0 Å². The first-order valence-corrected chi connectivity index (χ1v) is 9.29. The Hall–Kier alpha value is -3.13. The number of nitrogens with zero attached hydrogens (tertiary/aromatic N) is 2. The molecule has 0 spiro atoms. The number of hydrogen-bond acceptors (Lipinski definition) is 3. The van der Waals surface area contributed by atoms with Gasteiger partial charge in [0.2, 0.25) is 0 Å². The van der Waals surface area contributed by atoms with Crippen LogP contribution in [0.2, 0.25) is 0 Å². The Labute approximate surface area is 172 Å². The summed E-state index contributed by atoms with van der Waals surface area (Å²) in [4.78, 5) is 12.3. The zero-order valence-electron chi connectivity index (χ0n) is 16.9. The first kappa shape index (κ1) is 21.6. The maximum Gasteiger partial charge on any atom is 0.416 e. The van der Waals surface area contributed by atoms with E-state index in [2.05, 4.69) is 10.4 Å². The smallest absolute Gasteiger partial charge is 0.380 e. The van der Waals surface area contributed by atoms with Gasteiger partial charge in [-0.15, -0.1) is 0 Å².